The van der Waals surface area contributed by atoms with E-state index in [9.17, 15) is 107 Å². The maximum atomic E-state index is 15.2. The number of carbonyl (C=O) groups is 18. The van der Waals surface area contributed by atoms with E-state index >= 15 is 9.59 Å². The van der Waals surface area contributed by atoms with E-state index in [0.29, 0.717) is 6.42 Å². The predicted molar refractivity (Wildman–Crippen MR) is 392 cm³/mol. The zero-order chi connectivity index (χ0) is 85.6. The van der Waals surface area contributed by atoms with Gasteiger partial charge in [-0.05, 0) is 115 Å². The van der Waals surface area contributed by atoms with Gasteiger partial charge in [0.05, 0.1) is 37.0 Å². The number of likely N-dealkylation sites (N-methyl/N-ethyl adjacent to an activating group) is 1. The molecule has 0 aliphatic carbocycles. The molecule has 0 aromatic rings. The van der Waals surface area contributed by atoms with E-state index in [0.717, 1.165) is 37.6 Å². The maximum absolute atomic E-state index is 15.2. The standard InChI is InChI=1S/C70H118N16O26/c1-13-111-56(58(75)98)52-66(106)80-42(29-48(92)93)69(109)86-25-17-15-19-44(86)70(110)112-37(11)51(65(105)82-50(36(10)87)64(104)77-39(18-14-16-24-71)60(100)79-41(27-31(4)5)68(108)85(12)43(62(102)84-52)21-23-46(73)89)83-63(103)49(33(7)34(8)57(74)97)81-67(107)55(96)54(95)38(20-22-45(72)88)76-61(101)40(28-47(90)91)78-59(99)35(9)53(94)32(6)26-30(2)3/h30-44,49-56,87,94-96H,13-29,71H2,1-12H3,(H2,72,88)(H2,73,89)(H2,74,97)(H2,75,98)(H,76,101)(H,77,104)(H,78,99)(H,79,100)(H,80,106)(H,81,107)(H,82,105)(H,83,103)(H,84,102)(H,90,91)(H,92,93). The number of esters is 1. The Kier molecular flexibility index (Phi) is 41.2. The predicted octanol–water partition coefficient (Wildman–Crippen LogP) is -7.41. The van der Waals surface area contributed by atoms with E-state index in [1.165, 1.54) is 20.8 Å². The van der Waals surface area contributed by atoms with Gasteiger partial charge in [-0.3, -0.25) is 81.5 Å². The lowest BCUT2D eigenvalue weighted by atomic mass is 9.87. The molecule has 2 aliphatic rings. The van der Waals surface area contributed by atoms with Crippen LogP contribution in [0.25, 0.3) is 0 Å². The van der Waals surface area contributed by atoms with Gasteiger partial charge in [0, 0.05) is 39.0 Å². The third kappa shape index (κ3) is 30.7. The quantitative estimate of drug-likeness (QED) is 0.0202. The molecule has 0 aromatic heterocycles. The first-order valence-corrected chi connectivity index (χ1v) is 37.3. The summed E-state index contributed by atoms with van der Waals surface area (Å²) in [5.41, 5.74) is 28.1. The average Bonchev–Trinajstić information content (AvgIpc) is 0.848. The van der Waals surface area contributed by atoms with Crippen molar-refractivity contribution in [1.82, 2.24) is 57.7 Å². The molecule has 2 fully saturated rings. The molecule has 42 nitrogen and oxygen atoms in total. The van der Waals surface area contributed by atoms with Crippen LogP contribution in [0, 0.1) is 35.5 Å². The summed E-state index contributed by atoms with van der Waals surface area (Å²) < 4.78 is 11.4. The van der Waals surface area contributed by atoms with Crippen molar-refractivity contribution in [2.45, 2.75) is 269 Å². The lowest BCUT2D eigenvalue weighted by molar-refractivity contribution is -0.164. The van der Waals surface area contributed by atoms with E-state index in [1.807, 2.05) is 13.8 Å². The number of aliphatic hydroxyl groups excluding tert-OH is 4. The Hall–Kier alpha value is -9.78. The molecule has 0 radical (unpaired) electrons. The third-order valence-corrected chi connectivity index (χ3v) is 19.4. The molecule has 634 valence electrons. The van der Waals surface area contributed by atoms with Crippen LogP contribution in [-0.4, -0.2) is 277 Å². The number of nitrogens with two attached hydrogens (primary N) is 5. The van der Waals surface area contributed by atoms with Gasteiger partial charge in [0.2, 0.25) is 82.7 Å². The molecule has 42 heteroatoms. The highest BCUT2D eigenvalue weighted by Crippen LogP contribution is 2.25. The topological polar surface area (TPSA) is 692 Å². The van der Waals surface area contributed by atoms with Crippen molar-refractivity contribution in [2.24, 2.45) is 64.2 Å². The molecule has 2 aliphatic heterocycles. The highest BCUT2D eigenvalue weighted by Gasteiger charge is 2.47. The molecule has 0 bridgehead atoms. The van der Waals surface area contributed by atoms with Crippen molar-refractivity contribution in [2.75, 3.05) is 26.7 Å². The molecule has 2 rings (SSSR count). The fraction of sp³-hybridized carbons (Fsp3) is 0.743. The zero-order valence-corrected chi connectivity index (χ0v) is 65.4. The number of unbranched alkanes of at least 4 members (excludes halogenated alkanes) is 1. The Morgan fingerprint density at radius 2 is 1.21 bits per heavy atom. The van der Waals surface area contributed by atoms with Gasteiger partial charge in [-0.25, -0.2) is 4.79 Å². The molecular weight excluding hydrogens is 1480 g/mol. The number of rotatable bonds is 38. The van der Waals surface area contributed by atoms with Crippen LogP contribution < -0.4 is 76.5 Å². The SMILES string of the molecule is CCOC(C(N)=O)C1NC(=O)C(CCC(N)=O)N(C)C(=O)C(CC(C)C)NC(=O)C(CCCCN)NC(=O)C(C(C)O)NC(=O)C(NC(=O)C(NC(=O)C(O)C(O)C(CCC(N)=O)NC(=O)C(CC(=O)O)NC(=O)C(C)C(O)C(C)CC(C)C)C(C)C(C)C(N)=O)C(C)OC(=O)C2CCCCN2C(=O)C(CC(=O)O)NC1=O. The number of nitrogens with zero attached hydrogens (tertiary/aromatic N) is 2. The van der Waals surface area contributed by atoms with Crippen molar-refractivity contribution in [3.8, 4) is 0 Å². The van der Waals surface area contributed by atoms with Crippen molar-refractivity contribution in [3.63, 3.8) is 0 Å². The summed E-state index contributed by atoms with van der Waals surface area (Å²) in [5.74, 6) is -29.1. The second-order valence-electron chi connectivity index (χ2n) is 29.5. The fourth-order valence-electron chi connectivity index (χ4n) is 12.8. The summed E-state index contributed by atoms with van der Waals surface area (Å²) in [6.45, 7) is 15.0. The molecule has 0 saturated carbocycles. The minimum atomic E-state index is -2.80. The Morgan fingerprint density at radius 3 is 1.74 bits per heavy atom. The Balaban J connectivity index is 3.10. The van der Waals surface area contributed by atoms with E-state index in [-0.39, 0.29) is 70.6 Å². The normalized spacial score (nSPS) is 24.2. The van der Waals surface area contributed by atoms with Crippen LogP contribution >= 0.6 is 0 Å². The summed E-state index contributed by atoms with van der Waals surface area (Å²) in [5, 5.41) is 86.3. The molecule has 2 heterocycles. The minimum absolute atomic E-state index is 0.0582. The van der Waals surface area contributed by atoms with Crippen LogP contribution in [0.1, 0.15) is 166 Å². The molecule has 21 unspecified atom stereocenters. The molecule has 21 atom stereocenters. The lowest BCUT2D eigenvalue weighted by Crippen LogP contribution is -2.65. The van der Waals surface area contributed by atoms with Gasteiger partial charge in [-0.1, -0.05) is 55.4 Å². The summed E-state index contributed by atoms with van der Waals surface area (Å²) in [6, 6.07) is -22.1. The number of hydrogen-bond donors (Lipinski definition) is 20. The number of carbonyl (C=O) groups excluding carboxylic acids is 16. The maximum Gasteiger partial charge on any atom is 0.329 e. The van der Waals surface area contributed by atoms with Crippen LogP contribution in [0.15, 0.2) is 0 Å². The number of ether oxygens (including phenoxy) is 2. The second kappa shape index (κ2) is 46.9. The smallest absolute Gasteiger partial charge is 0.329 e. The molecule has 2 saturated heterocycles. The molecule has 15 amide bonds. The van der Waals surface area contributed by atoms with E-state index in [4.69, 9.17) is 38.1 Å². The first-order chi connectivity index (χ1) is 52.1. The summed E-state index contributed by atoms with van der Waals surface area (Å²) >= 11 is 0. The number of carboxylic acid groups (broad SMARTS) is 2. The van der Waals surface area contributed by atoms with Crippen molar-refractivity contribution >= 4 is 107 Å². The molecule has 25 N–H and O–H groups in total. The number of carboxylic acids is 2. The monoisotopic (exact) mass is 1600 g/mol. The summed E-state index contributed by atoms with van der Waals surface area (Å²) in [6.07, 6.45) is -17.6. The minimum Gasteiger partial charge on any atom is -0.481 e. The van der Waals surface area contributed by atoms with Gasteiger partial charge in [-0.2, -0.15) is 0 Å². The number of hydrogen-bond acceptors (Lipinski definition) is 25. The average molecular weight is 1600 g/mol. The fourth-order valence-corrected chi connectivity index (χ4v) is 12.8. The number of amides is 15. The molecule has 0 spiro atoms. The van der Waals surface area contributed by atoms with E-state index in [1.54, 1.807) is 20.8 Å². The van der Waals surface area contributed by atoms with Crippen LogP contribution in [0.4, 0.5) is 0 Å². The summed E-state index contributed by atoms with van der Waals surface area (Å²) in [7, 11) is 1.07. The van der Waals surface area contributed by atoms with Crippen LogP contribution in [0.5, 0.6) is 0 Å². The Labute approximate surface area is 648 Å². The largest absolute Gasteiger partial charge is 0.481 e. The number of cyclic esters (lactones) is 1. The van der Waals surface area contributed by atoms with Crippen molar-refractivity contribution in [3.05, 3.63) is 0 Å². The molecule has 112 heavy (non-hydrogen) atoms. The lowest BCUT2D eigenvalue weighted by Gasteiger charge is -2.38. The number of fused-ring (bicyclic) bond motifs is 1. The van der Waals surface area contributed by atoms with Crippen molar-refractivity contribution in [1.29, 1.82) is 0 Å². The van der Waals surface area contributed by atoms with Gasteiger partial charge in [-0.15, -0.1) is 0 Å². The highest BCUT2D eigenvalue weighted by molar-refractivity contribution is 6.02. The molecular formula is C70H118N16O26. The zero-order valence-electron chi connectivity index (χ0n) is 65.4. The van der Waals surface area contributed by atoms with Crippen LogP contribution in [0.2, 0.25) is 0 Å². The van der Waals surface area contributed by atoms with Gasteiger partial charge in [0.1, 0.15) is 72.6 Å². The number of aliphatic hydroxyl groups is 4. The second-order valence-corrected chi connectivity index (χ2v) is 29.5. The summed E-state index contributed by atoms with van der Waals surface area (Å²) in [4.78, 5) is 253. The number of nitrogens with one attached hydrogen (secondary N) is 9. The van der Waals surface area contributed by atoms with E-state index in [2.05, 4.69) is 47.9 Å². The van der Waals surface area contributed by atoms with Crippen LogP contribution in [0.3, 0.4) is 0 Å². The van der Waals surface area contributed by atoms with Gasteiger partial charge in [0.15, 0.2) is 12.2 Å². The number of piperidine rings is 1. The Bertz CT molecular complexity index is 3330. The number of primary amides is 4. The van der Waals surface area contributed by atoms with E-state index < -0.39 is 278 Å². The number of aliphatic carboxylic acids is 2. The Morgan fingerprint density at radius 1 is 0.616 bits per heavy atom. The van der Waals surface area contributed by atoms with Gasteiger partial charge in [0.25, 0.3) is 5.91 Å². The first kappa shape index (κ1) is 98.3. The highest BCUT2D eigenvalue weighted by atomic mass is 16.5. The van der Waals surface area contributed by atoms with Gasteiger partial charge >= 0.3 is 17.9 Å². The first-order valence-electron chi connectivity index (χ1n) is 37.3. The molecule has 0 aromatic carbocycles. The van der Waals surface area contributed by atoms with Gasteiger partial charge < -0.3 is 126 Å². The third-order valence-electron chi connectivity index (χ3n) is 19.4. The van der Waals surface area contributed by atoms with Crippen molar-refractivity contribution < 1.29 is 126 Å². The van der Waals surface area contributed by atoms with Crippen LogP contribution in [-0.2, 0) is 95.8 Å².